The highest BCUT2D eigenvalue weighted by atomic mass is 16.3. The summed E-state index contributed by atoms with van der Waals surface area (Å²) >= 11 is 0. The largest absolute Gasteiger partial charge is 0.396 e. The quantitative estimate of drug-likeness (QED) is 0.785. The Labute approximate surface area is 105 Å². The third-order valence-corrected chi connectivity index (χ3v) is 3.00. The molecule has 2 N–H and O–H groups in total. The van der Waals surface area contributed by atoms with Crippen molar-refractivity contribution in [3.05, 3.63) is 46.7 Å². The third kappa shape index (κ3) is 2.07. The molecule has 0 aliphatic heterocycles. The molecule has 0 amide bonds. The van der Waals surface area contributed by atoms with Gasteiger partial charge in [-0.05, 0) is 13.3 Å². The first-order chi connectivity index (χ1) is 8.66. The first-order valence-electron chi connectivity index (χ1n) is 5.91. The summed E-state index contributed by atoms with van der Waals surface area (Å²) in [5.74, 6) is -0.266. The molecule has 0 heterocycles. The standard InChI is InChI=1S/C14H15NO3/c1-9-12(15-7-4-8-16)14(18)11-6-3-2-5-10(11)13(9)17/h2-3,5-6,15-16H,4,7-8H2,1H3. The van der Waals surface area contributed by atoms with Crippen LogP contribution in [0.5, 0.6) is 0 Å². The topological polar surface area (TPSA) is 66.4 Å². The normalized spacial score (nSPS) is 14.8. The predicted octanol–water partition coefficient (Wildman–Crippen LogP) is 1.31. The molecule has 0 bridgehead atoms. The minimum Gasteiger partial charge on any atom is -0.396 e. The third-order valence-electron chi connectivity index (χ3n) is 3.00. The van der Waals surface area contributed by atoms with Gasteiger partial charge in [-0.2, -0.15) is 0 Å². The summed E-state index contributed by atoms with van der Waals surface area (Å²) in [6.45, 7) is 2.18. The van der Waals surface area contributed by atoms with Gasteiger partial charge in [-0.1, -0.05) is 24.3 Å². The van der Waals surface area contributed by atoms with Crippen LogP contribution >= 0.6 is 0 Å². The number of fused-ring (bicyclic) bond motifs is 1. The van der Waals surface area contributed by atoms with Crippen LogP contribution in [0.1, 0.15) is 34.1 Å². The maximum absolute atomic E-state index is 12.2. The van der Waals surface area contributed by atoms with Crippen LogP contribution in [0.15, 0.2) is 35.5 Å². The Hall–Kier alpha value is -1.94. The van der Waals surface area contributed by atoms with Crippen molar-refractivity contribution in [3.63, 3.8) is 0 Å². The van der Waals surface area contributed by atoms with Crippen molar-refractivity contribution < 1.29 is 14.7 Å². The number of hydrogen-bond donors (Lipinski definition) is 2. The molecule has 4 nitrogen and oxygen atoms in total. The second-order valence-corrected chi connectivity index (χ2v) is 4.21. The highest BCUT2D eigenvalue weighted by Gasteiger charge is 2.29. The molecule has 94 valence electrons. The second kappa shape index (κ2) is 5.14. The van der Waals surface area contributed by atoms with Gasteiger partial charge in [0.2, 0.25) is 5.78 Å². The fraction of sp³-hybridized carbons (Fsp3) is 0.286. The second-order valence-electron chi connectivity index (χ2n) is 4.21. The molecule has 0 fully saturated rings. The Bertz CT molecular complexity index is 532. The lowest BCUT2D eigenvalue weighted by molar-refractivity contribution is 0.0968. The van der Waals surface area contributed by atoms with Crippen molar-refractivity contribution in [3.8, 4) is 0 Å². The van der Waals surface area contributed by atoms with E-state index >= 15 is 0 Å². The first-order valence-corrected chi connectivity index (χ1v) is 5.91. The molecular weight excluding hydrogens is 230 g/mol. The van der Waals surface area contributed by atoms with Gasteiger partial charge in [0.1, 0.15) is 0 Å². The Balaban J connectivity index is 2.34. The van der Waals surface area contributed by atoms with Gasteiger partial charge in [0.15, 0.2) is 5.78 Å². The molecule has 0 aromatic heterocycles. The van der Waals surface area contributed by atoms with Crippen LogP contribution in [0.3, 0.4) is 0 Å². The molecule has 0 saturated carbocycles. The molecule has 2 rings (SSSR count). The zero-order valence-electron chi connectivity index (χ0n) is 10.2. The number of carbonyl (C=O) groups excluding carboxylic acids is 2. The highest BCUT2D eigenvalue weighted by molar-refractivity contribution is 6.26. The SMILES string of the molecule is CC1=C(NCCCO)C(=O)c2ccccc2C1=O. The van der Waals surface area contributed by atoms with E-state index in [1.165, 1.54) is 0 Å². The first kappa shape index (κ1) is 12.5. The van der Waals surface area contributed by atoms with Crippen molar-refractivity contribution in [1.82, 2.24) is 5.32 Å². The number of hydrogen-bond acceptors (Lipinski definition) is 4. The monoisotopic (exact) mass is 245 g/mol. The zero-order chi connectivity index (χ0) is 13.1. The molecule has 1 aromatic carbocycles. The number of ketones is 2. The van der Waals surface area contributed by atoms with Crippen LogP contribution in [-0.4, -0.2) is 29.8 Å². The Morgan fingerprint density at radius 2 is 1.72 bits per heavy atom. The van der Waals surface area contributed by atoms with E-state index in [2.05, 4.69) is 5.32 Å². The summed E-state index contributed by atoms with van der Waals surface area (Å²) in [4.78, 5) is 24.3. The van der Waals surface area contributed by atoms with Gasteiger partial charge < -0.3 is 10.4 Å². The molecule has 18 heavy (non-hydrogen) atoms. The number of carbonyl (C=O) groups is 2. The highest BCUT2D eigenvalue weighted by Crippen LogP contribution is 2.24. The van der Waals surface area contributed by atoms with Crippen LogP contribution in [0.25, 0.3) is 0 Å². The maximum Gasteiger partial charge on any atom is 0.209 e. The van der Waals surface area contributed by atoms with Gasteiger partial charge >= 0.3 is 0 Å². The molecular formula is C14H15NO3. The maximum atomic E-state index is 12.2. The molecule has 0 spiro atoms. The van der Waals surface area contributed by atoms with Crippen LogP contribution in [0, 0.1) is 0 Å². The minimum absolute atomic E-state index is 0.0536. The lowest BCUT2D eigenvalue weighted by Crippen LogP contribution is -2.30. The van der Waals surface area contributed by atoms with Crippen molar-refractivity contribution >= 4 is 11.6 Å². The van der Waals surface area contributed by atoms with E-state index < -0.39 is 0 Å². The Kier molecular flexibility index (Phi) is 3.58. The summed E-state index contributed by atoms with van der Waals surface area (Å²) < 4.78 is 0. The number of allylic oxidation sites excluding steroid dienone is 2. The van der Waals surface area contributed by atoms with E-state index in [0.29, 0.717) is 35.4 Å². The van der Waals surface area contributed by atoms with Gasteiger partial charge in [0.25, 0.3) is 0 Å². The number of benzene rings is 1. The van der Waals surface area contributed by atoms with Crippen LogP contribution < -0.4 is 5.32 Å². The smallest absolute Gasteiger partial charge is 0.209 e. The van der Waals surface area contributed by atoms with Crippen LogP contribution in [0.4, 0.5) is 0 Å². The van der Waals surface area contributed by atoms with Crippen molar-refractivity contribution in [2.45, 2.75) is 13.3 Å². The molecule has 0 unspecified atom stereocenters. The number of aliphatic hydroxyl groups excluding tert-OH is 1. The van der Waals surface area contributed by atoms with E-state index in [1.54, 1.807) is 31.2 Å². The van der Waals surface area contributed by atoms with Crippen LogP contribution in [-0.2, 0) is 0 Å². The zero-order valence-corrected chi connectivity index (χ0v) is 10.2. The summed E-state index contributed by atoms with van der Waals surface area (Å²) in [7, 11) is 0. The van der Waals surface area contributed by atoms with Gasteiger partial charge in [-0.25, -0.2) is 0 Å². The minimum atomic E-state index is -0.152. The molecule has 1 aliphatic rings. The van der Waals surface area contributed by atoms with Gasteiger partial charge in [-0.15, -0.1) is 0 Å². The fourth-order valence-electron chi connectivity index (χ4n) is 2.00. The number of aliphatic hydroxyl groups is 1. The summed E-state index contributed by atoms with van der Waals surface area (Å²) in [5.41, 5.74) is 1.70. The average molecular weight is 245 g/mol. The molecule has 1 aliphatic carbocycles. The van der Waals surface area contributed by atoms with Gasteiger partial charge in [-0.3, -0.25) is 9.59 Å². The summed E-state index contributed by atoms with van der Waals surface area (Å²) in [6.07, 6.45) is 0.542. The van der Waals surface area contributed by atoms with E-state index in [4.69, 9.17) is 5.11 Å². The molecule has 0 atom stereocenters. The predicted molar refractivity (Wildman–Crippen MR) is 67.5 cm³/mol. The molecule has 0 saturated heterocycles. The van der Waals surface area contributed by atoms with Crippen molar-refractivity contribution in [2.75, 3.05) is 13.2 Å². The number of nitrogens with one attached hydrogen (secondary N) is 1. The summed E-state index contributed by atoms with van der Waals surface area (Å²) in [6, 6.07) is 6.83. The summed E-state index contributed by atoms with van der Waals surface area (Å²) in [5, 5.41) is 11.7. The average Bonchev–Trinajstić information content (AvgIpc) is 2.40. The lowest BCUT2D eigenvalue weighted by Gasteiger charge is -2.19. The number of rotatable bonds is 4. The van der Waals surface area contributed by atoms with Crippen molar-refractivity contribution in [2.24, 2.45) is 0 Å². The number of Topliss-reactive ketones (excluding diaryl/α,β-unsaturated/α-hetero) is 2. The molecule has 0 radical (unpaired) electrons. The van der Waals surface area contributed by atoms with E-state index in [1.807, 2.05) is 0 Å². The fourth-order valence-corrected chi connectivity index (χ4v) is 2.00. The Morgan fingerprint density at radius 1 is 1.11 bits per heavy atom. The van der Waals surface area contributed by atoms with Gasteiger partial charge in [0.05, 0.1) is 5.70 Å². The van der Waals surface area contributed by atoms with Crippen LogP contribution in [0.2, 0.25) is 0 Å². The Morgan fingerprint density at radius 3 is 2.33 bits per heavy atom. The van der Waals surface area contributed by atoms with E-state index in [0.717, 1.165) is 0 Å². The van der Waals surface area contributed by atoms with E-state index in [9.17, 15) is 9.59 Å². The lowest BCUT2D eigenvalue weighted by atomic mass is 9.88. The van der Waals surface area contributed by atoms with E-state index in [-0.39, 0.29) is 18.2 Å². The molecule has 4 heteroatoms. The molecule has 1 aromatic rings. The van der Waals surface area contributed by atoms with Crippen molar-refractivity contribution in [1.29, 1.82) is 0 Å². The van der Waals surface area contributed by atoms with Gasteiger partial charge in [0, 0.05) is 29.9 Å².